The van der Waals surface area contributed by atoms with E-state index >= 15 is 0 Å². The van der Waals surface area contributed by atoms with E-state index in [0.717, 1.165) is 30.7 Å². The highest BCUT2D eigenvalue weighted by Gasteiger charge is 2.52. The van der Waals surface area contributed by atoms with Crippen molar-refractivity contribution >= 4 is 0 Å². The molecule has 1 aromatic heterocycles. The second-order valence-corrected chi connectivity index (χ2v) is 7.68. The van der Waals surface area contributed by atoms with Gasteiger partial charge in [0.2, 0.25) is 0 Å². The smallest absolute Gasteiger partial charge is 0.0635 e. The van der Waals surface area contributed by atoms with Crippen LogP contribution in [0.3, 0.4) is 0 Å². The molecular weight excluding hydrogens is 246 g/mol. The Hall–Kier alpha value is -0.830. The van der Waals surface area contributed by atoms with Gasteiger partial charge in [0.15, 0.2) is 0 Å². The topological polar surface area (TPSA) is 29.9 Å². The van der Waals surface area contributed by atoms with Gasteiger partial charge in [-0.3, -0.25) is 4.68 Å². The lowest BCUT2D eigenvalue weighted by Crippen LogP contribution is -2.52. The predicted molar refractivity (Wildman–Crippen MR) is 80.7 cm³/mol. The summed E-state index contributed by atoms with van der Waals surface area (Å²) in [6, 6.07) is 0. The monoisotopic (exact) mass is 273 g/mol. The summed E-state index contributed by atoms with van der Waals surface area (Å²) < 4.78 is 2.40. The van der Waals surface area contributed by atoms with Crippen molar-refractivity contribution in [3.05, 3.63) is 17.5 Å². The molecule has 3 heteroatoms. The van der Waals surface area contributed by atoms with Gasteiger partial charge < -0.3 is 5.32 Å². The van der Waals surface area contributed by atoms with Gasteiger partial charge in [-0.1, -0.05) is 0 Å². The molecule has 4 fully saturated rings. The Bertz CT molecular complexity index is 467. The van der Waals surface area contributed by atoms with Crippen molar-refractivity contribution in [2.45, 2.75) is 57.4 Å². The Labute approximate surface area is 122 Å². The Morgan fingerprint density at radius 2 is 1.80 bits per heavy atom. The van der Waals surface area contributed by atoms with Crippen molar-refractivity contribution in [3.63, 3.8) is 0 Å². The molecule has 110 valence electrons. The molecule has 4 saturated carbocycles. The van der Waals surface area contributed by atoms with Gasteiger partial charge in [0.25, 0.3) is 0 Å². The van der Waals surface area contributed by atoms with Crippen molar-refractivity contribution in [3.8, 4) is 0 Å². The summed E-state index contributed by atoms with van der Waals surface area (Å²) in [5, 5.41) is 8.19. The number of nitrogens with zero attached hydrogens (tertiary/aromatic N) is 2. The fourth-order valence-corrected chi connectivity index (χ4v) is 5.59. The predicted octanol–water partition coefficient (Wildman–Crippen LogP) is 2.88. The third-order valence-electron chi connectivity index (χ3n) is 6.14. The van der Waals surface area contributed by atoms with Crippen LogP contribution >= 0.6 is 0 Å². The lowest BCUT2D eigenvalue weighted by Gasteiger charge is -2.56. The van der Waals surface area contributed by atoms with E-state index in [1.807, 2.05) is 7.05 Å². The van der Waals surface area contributed by atoms with Crippen LogP contribution in [-0.4, -0.2) is 23.4 Å². The molecule has 5 rings (SSSR count). The normalized spacial score (nSPS) is 38.6. The van der Waals surface area contributed by atoms with E-state index < -0.39 is 0 Å². The quantitative estimate of drug-likeness (QED) is 0.914. The minimum Gasteiger partial charge on any atom is -0.319 e. The SMILES string of the molecule is CNCCc1cn(C23CC4CC(CC(C4)C2)C3)nc1C. The standard InChI is InChI=1S/C17H27N3/c1-12-16(3-4-18-2)11-20(19-12)17-8-13-5-14(9-17)7-15(6-13)10-17/h11,13-15,18H,3-10H2,1-2H3. The van der Waals surface area contributed by atoms with Crippen LogP contribution in [0.4, 0.5) is 0 Å². The number of aryl methyl sites for hydroxylation is 1. The van der Waals surface area contributed by atoms with Crippen molar-refractivity contribution in [1.82, 2.24) is 15.1 Å². The molecule has 4 bridgehead atoms. The van der Waals surface area contributed by atoms with Crippen LogP contribution in [0, 0.1) is 24.7 Å². The van der Waals surface area contributed by atoms with Gasteiger partial charge in [-0.05, 0) is 88.8 Å². The Morgan fingerprint density at radius 1 is 1.20 bits per heavy atom. The molecule has 0 radical (unpaired) electrons. The minimum atomic E-state index is 0.386. The van der Waals surface area contributed by atoms with Gasteiger partial charge in [0, 0.05) is 6.20 Å². The summed E-state index contributed by atoms with van der Waals surface area (Å²) in [4.78, 5) is 0. The number of nitrogens with one attached hydrogen (secondary N) is 1. The van der Waals surface area contributed by atoms with Crippen molar-refractivity contribution in [1.29, 1.82) is 0 Å². The molecule has 1 N–H and O–H groups in total. The second-order valence-electron chi connectivity index (χ2n) is 7.68. The summed E-state index contributed by atoms with van der Waals surface area (Å²) in [7, 11) is 2.03. The molecule has 0 amide bonds. The summed E-state index contributed by atoms with van der Waals surface area (Å²) in [6.45, 7) is 3.23. The number of hydrogen-bond acceptors (Lipinski definition) is 2. The highest BCUT2D eigenvalue weighted by Crippen LogP contribution is 2.58. The number of rotatable bonds is 4. The summed E-state index contributed by atoms with van der Waals surface area (Å²) in [5.74, 6) is 2.98. The maximum Gasteiger partial charge on any atom is 0.0635 e. The molecule has 0 aromatic carbocycles. The first kappa shape index (κ1) is 12.9. The first-order valence-corrected chi connectivity index (χ1v) is 8.39. The molecule has 20 heavy (non-hydrogen) atoms. The van der Waals surface area contributed by atoms with Gasteiger partial charge in [-0.2, -0.15) is 5.10 Å². The minimum absolute atomic E-state index is 0.386. The van der Waals surface area contributed by atoms with Crippen LogP contribution in [0.15, 0.2) is 6.20 Å². The van der Waals surface area contributed by atoms with Crippen LogP contribution < -0.4 is 5.32 Å². The molecule has 0 atom stereocenters. The third kappa shape index (κ3) is 1.93. The fourth-order valence-electron chi connectivity index (χ4n) is 5.59. The third-order valence-corrected chi connectivity index (χ3v) is 6.14. The van der Waals surface area contributed by atoms with Crippen molar-refractivity contribution in [2.75, 3.05) is 13.6 Å². The molecule has 3 nitrogen and oxygen atoms in total. The summed E-state index contributed by atoms with van der Waals surface area (Å²) >= 11 is 0. The molecule has 0 aliphatic heterocycles. The van der Waals surface area contributed by atoms with E-state index in [1.165, 1.54) is 49.8 Å². The Morgan fingerprint density at radius 3 is 2.35 bits per heavy atom. The molecule has 0 unspecified atom stereocenters. The number of aromatic nitrogens is 2. The molecule has 1 heterocycles. The first-order chi connectivity index (χ1) is 9.68. The first-order valence-electron chi connectivity index (χ1n) is 8.39. The summed E-state index contributed by atoms with van der Waals surface area (Å²) in [6.07, 6.45) is 12.2. The molecule has 0 saturated heterocycles. The van der Waals surface area contributed by atoms with Gasteiger partial charge in [-0.15, -0.1) is 0 Å². The van der Waals surface area contributed by atoms with Gasteiger partial charge in [-0.25, -0.2) is 0 Å². The zero-order chi connectivity index (χ0) is 13.7. The average molecular weight is 273 g/mol. The van der Waals surface area contributed by atoms with E-state index in [9.17, 15) is 0 Å². The number of likely N-dealkylation sites (N-methyl/N-ethyl adjacent to an activating group) is 1. The molecular formula is C17H27N3. The van der Waals surface area contributed by atoms with Crippen molar-refractivity contribution < 1.29 is 0 Å². The second kappa shape index (κ2) is 4.59. The number of hydrogen-bond donors (Lipinski definition) is 1. The van der Waals surface area contributed by atoms with Gasteiger partial charge >= 0.3 is 0 Å². The lowest BCUT2D eigenvalue weighted by atomic mass is 9.53. The van der Waals surface area contributed by atoms with E-state index in [4.69, 9.17) is 5.10 Å². The molecule has 4 aliphatic carbocycles. The van der Waals surface area contributed by atoms with Crippen LogP contribution in [0.2, 0.25) is 0 Å². The van der Waals surface area contributed by atoms with E-state index in [2.05, 4.69) is 23.1 Å². The highest BCUT2D eigenvalue weighted by atomic mass is 15.3. The molecule has 0 spiro atoms. The largest absolute Gasteiger partial charge is 0.319 e. The zero-order valence-electron chi connectivity index (χ0n) is 12.9. The fraction of sp³-hybridized carbons (Fsp3) is 0.824. The van der Waals surface area contributed by atoms with E-state index in [-0.39, 0.29) is 0 Å². The Balaban J connectivity index is 1.63. The lowest BCUT2D eigenvalue weighted by molar-refractivity contribution is -0.0495. The maximum atomic E-state index is 4.94. The molecule has 4 aliphatic rings. The van der Waals surface area contributed by atoms with Crippen LogP contribution in [0.5, 0.6) is 0 Å². The van der Waals surface area contributed by atoms with Crippen molar-refractivity contribution in [2.24, 2.45) is 17.8 Å². The van der Waals surface area contributed by atoms with Gasteiger partial charge in [0.1, 0.15) is 0 Å². The zero-order valence-corrected chi connectivity index (χ0v) is 12.9. The summed E-state index contributed by atoms with van der Waals surface area (Å²) in [5.41, 5.74) is 3.07. The maximum absolute atomic E-state index is 4.94. The average Bonchev–Trinajstić information content (AvgIpc) is 2.77. The highest BCUT2D eigenvalue weighted by molar-refractivity contribution is 5.18. The van der Waals surface area contributed by atoms with Gasteiger partial charge in [0.05, 0.1) is 11.2 Å². The molecule has 1 aromatic rings. The Kier molecular flexibility index (Phi) is 2.95. The van der Waals surface area contributed by atoms with Crippen LogP contribution in [0.25, 0.3) is 0 Å². The van der Waals surface area contributed by atoms with E-state index in [0.29, 0.717) is 5.54 Å². The van der Waals surface area contributed by atoms with E-state index in [1.54, 1.807) is 0 Å². The van der Waals surface area contributed by atoms with Crippen LogP contribution in [0.1, 0.15) is 49.8 Å². The van der Waals surface area contributed by atoms with Crippen LogP contribution in [-0.2, 0) is 12.0 Å².